The highest BCUT2D eigenvalue weighted by molar-refractivity contribution is 9.10. The van der Waals surface area contributed by atoms with Crippen LogP contribution in [0.4, 0.5) is 4.39 Å². The molecule has 3 nitrogen and oxygen atoms in total. The van der Waals surface area contributed by atoms with Crippen LogP contribution in [0.2, 0.25) is 0 Å². The number of hydrogen-bond donors (Lipinski definition) is 1. The highest BCUT2D eigenvalue weighted by Crippen LogP contribution is 2.29. The molecule has 0 atom stereocenters. The van der Waals surface area contributed by atoms with E-state index in [0.29, 0.717) is 23.4 Å². The summed E-state index contributed by atoms with van der Waals surface area (Å²) in [4.78, 5) is 0. The Kier molecular flexibility index (Phi) is 4.72. The third-order valence-electron chi connectivity index (χ3n) is 2.82. The molecule has 0 saturated heterocycles. The Bertz CT molecular complexity index is 667. The molecule has 0 saturated carbocycles. The molecule has 5 heteroatoms. The molecule has 0 amide bonds. The molecule has 2 aromatic carbocycles. The van der Waals surface area contributed by atoms with E-state index in [-0.39, 0.29) is 6.61 Å². The van der Waals surface area contributed by atoms with Gasteiger partial charge in [-0.2, -0.15) is 5.26 Å². The fraction of sp³-hybridized carbons (Fsp3) is 0.133. The number of ether oxygens (including phenoxy) is 1. The van der Waals surface area contributed by atoms with Crippen LogP contribution in [0.3, 0.4) is 0 Å². The topological polar surface area (TPSA) is 59.0 Å². The van der Waals surface area contributed by atoms with Crippen molar-refractivity contribution in [1.29, 1.82) is 5.26 Å². The molecule has 0 radical (unpaired) electrons. The van der Waals surface area contributed by atoms with Gasteiger partial charge in [0.2, 0.25) is 0 Å². The van der Waals surface area contributed by atoms with Gasteiger partial charge in [0.25, 0.3) is 0 Å². The molecular formula is C15H12BrFN2O. The summed E-state index contributed by atoms with van der Waals surface area (Å²) < 4.78 is 20.1. The van der Waals surface area contributed by atoms with Gasteiger partial charge < -0.3 is 10.5 Å². The van der Waals surface area contributed by atoms with Gasteiger partial charge in [-0.1, -0.05) is 12.1 Å². The van der Waals surface area contributed by atoms with Gasteiger partial charge >= 0.3 is 0 Å². The molecule has 0 aromatic heterocycles. The van der Waals surface area contributed by atoms with Gasteiger partial charge in [-0.3, -0.25) is 0 Å². The minimum atomic E-state index is -0.398. The quantitative estimate of drug-likeness (QED) is 0.930. The van der Waals surface area contributed by atoms with Crippen molar-refractivity contribution in [2.24, 2.45) is 5.73 Å². The van der Waals surface area contributed by atoms with Crippen LogP contribution in [0.5, 0.6) is 5.75 Å². The lowest BCUT2D eigenvalue weighted by atomic mass is 10.1. The Morgan fingerprint density at radius 3 is 2.75 bits per heavy atom. The highest BCUT2D eigenvalue weighted by atomic mass is 79.9. The summed E-state index contributed by atoms with van der Waals surface area (Å²) in [6.45, 7) is 0.368. The Hall–Kier alpha value is -1.90. The fourth-order valence-corrected chi connectivity index (χ4v) is 2.30. The lowest BCUT2D eigenvalue weighted by Crippen LogP contribution is -2.04. The van der Waals surface area contributed by atoms with Crippen LogP contribution in [-0.4, -0.2) is 0 Å². The number of halogens is 2. The van der Waals surface area contributed by atoms with Crippen LogP contribution in [0.1, 0.15) is 16.7 Å². The summed E-state index contributed by atoms with van der Waals surface area (Å²) in [7, 11) is 0. The molecule has 0 heterocycles. The minimum Gasteiger partial charge on any atom is -0.487 e. The predicted octanol–water partition coefficient (Wildman–Crippen LogP) is 3.50. The van der Waals surface area contributed by atoms with E-state index in [4.69, 9.17) is 15.7 Å². The summed E-state index contributed by atoms with van der Waals surface area (Å²) in [6.07, 6.45) is 0. The SMILES string of the molecule is N#Cc1ccc(F)c(COc2c(Br)cccc2CN)c1. The van der Waals surface area contributed by atoms with Crippen molar-refractivity contribution >= 4 is 15.9 Å². The molecular weight excluding hydrogens is 323 g/mol. The molecule has 102 valence electrons. The average molecular weight is 335 g/mol. The van der Waals surface area contributed by atoms with Crippen LogP contribution in [0.15, 0.2) is 40.9 Å². The van der Waals surface area contributed by atoms with Gasteiger partial charge in [0.05, 0.1) is 16.1 Å². The van der Waals surface area contributed by atoms with E-state index in [1.165, 1.54) is 18.2 Å². The molecule has 0 aliphatic rings. The number of nitrogens with two attached hydrogens (primary N) is 1. The summed E-state index contributed by atoms with van der Waals surface area (Å²) in [5.41, 5.74) is 7.21. The van der Waals surface area contributed by atoms with Crippen molar-refractivity contribution in [3.05, 3.63) is 63.4 Å². The first-order chi connectivity index (χ1) is 9.65. The Labute approximate surface area is 124 Å². The van der Waals surface area contributed by atoms with Gasteiger partial charge in [0.1, 0.15) is 18.2 Å². The van der Waals surface area contributed by atoms with Gasteiger partial charge in [0.15, 0.2) is 0 Å². The molecule has 0 spiro atoms. The third-order valence-corrected chi connectivity index (χ3v) is 3.44. The number of nitrogens with zero attached hydrogens (tertiary/aromatic N) is 1. The number of nitriles is 1. The summed E-state index contributed by atoms with van der Waals surface area (Å²) in [5.74, 6) is 0.196. The van der Waals surface area contributed by atoms with Crippen molar-refractivity contribution in [3.63, 3.8) is 0 Å². The first-order valence-electron chi connectivity index (χ1n) is 5.94. The maximum absolute atomic E-state index is 13.7. The van der Waals surface area contributed by atoms with Crippen LogP contribution >= 0.6 is 15.9 Å². The zero-order chi connectivity index (χ0) is 14.5. The van der Waals surface area contributed by atoms with E-state index >= 15 is 0 Å². The summed E-state index contributed by atoms with van der Waals surface area (Å²) in [5, 5.41) is 8.83. The second-order valence-electron chi connectivity index (χ2n) is 4.14. The van der Waals surface area contributed by atoms with Crippen LogP contribution in [0, 0.1) is 17.1 Å². The molecule has 0 unspecified atom stereocenters. The normalized spacial score (nSPS) is 10.1. The van der Waals surface area contributed by atoms with Gasteiger partial charge in [-0.05, 0) is 40.2 Å². The monoisotopic (exact) mass is 334 g/mol. The Morgan fingerprint density at radius 1 is 1.25 bits per heavy atom. The smallest absolute Gasteiger partial charge is 0.138 e. The lowest BCUT2D eigenvalue weighted by molar-refractivity contribution is 0.295. The lowest BCUT2D eigenvalue weighted by Gasteiger charge is -2.12. The average Bonchev–Trinajstić information content (AvgIpc) is 2.47. The first-order valence-corrected chi connectivity index (χ1v) is 6.73. The van der Waals surface area contributed by atoms with E-state index in [0.717, 1.165) is 10.0 Å². The van der Waals surface area contributed by atoms with Crippen LogP contribution in [-0.2, 0) is 13.2 Å². The molecule has 0 aliphatic carbocycles. The van der Waals surface area contributed by atoms with Gasteiger partial charge in [0, 0.05) is 17.7 Å². The molecule has 20 heavy (non-hydrogen) atoms. The largest absolute Gasteiger partial charge is 0.487 e. The maximum atomic E-state index is 13.7. The standard InChI is InChI=1S/C15H12BrFN2O/c16-13-3-1-2-11(8-19)15(13)20-9-12-6-10(7-18)4-5-14(12)17/h1-6H,8-9,19H2. The maximum Gasteiger partial charge on any atom is 0.138 e. The first kappa shape index (κ1) is 14.5. The van der Waals surface area contributed by atoms with Crippen molar-refractivity contribution in [2.75, 3.05) is 0 Å². The van der Waals surface area contributed by atoms with Gasteiger partial charge in [-0.25, -0.2) is 4.39 Å². The van der Waals surface area contributed by atoms with Crippen molar-refractivity contribution < 1.29 is 9.13 Å². The Morgan fingerprint density at radius 2 is 2.05 bits per heavy atom. The second kappa shape index (κ2) is 6.51. The van der Waals surface area contributed by atoms with E-state index in [1.807, 2.05) is 24.3 Å². The second-order valence-corrected chi connectivity index (χ2v) is 4.99. The zero-order valence-corrected chi connectivity index (χ0v) is 12.2. The summed E-state index contributed by atoms with van der Waals surface area (Å²) >= 11 is 3.38. The zero-order valence-electron chi connectivity index (χ0n) is 10.6. The van der Waals surface area contributed by atoms with E-state index in [2.05, 4.69) is 15.9 Å². The molecule has 0 bridgehead atoms. The third kappa shape index (κ3) is 3.16. The van der Waals surface area contributed by atoms with Crippen LogP contribution < -0.4 is 10.5 Å². The van der Waals surface area contributed by atoms with Crippen molar-refractivity contribution in [3.8, 4) is 11.8 Å². The minimum absolute atomic E-state index is 0.0387. The number of para-hydroxylation sites is 1. The molecule has 2 aromatic rings. The summed E-state index contributed by atoms with van der Waals surface area (Å²) in [6, 6.07) is 11.7. The number of hydrogen-bond acceptors (Lipinski definition) is 3. The predicted molar refractivity (Wildman–Crippen MR) is 77.5 cm³/mol. The Balaban J connectivity index is 2.23. The highest BCUT2D eigenvalue weighted by Gasteiger charge is 2.09. The van der Waals surface area contributed by atoms with Crippen molar-refractivity contribution in [2.45, 2.75) is 13.2 Å². The van der Waals surface area contributed by atoms with Crippen LogP contribution in [0.25, 0.3) is 0 Å². The molecule has 0 aliphatic heterocycles. The van der Waals surface area contributed by atoms with E-state index in [1.54, 1.807) is 0 Å². The number of benzene rings is 2. The molecule has 0 fully saturated rings. The fourth-order valence-electron chi connectivity index (χ4n) is 1.78. The number of rotatable bonds is 4. The molecule has 2 N–H and O–H groups in total. The van der Waals surface area contributed by atoms with Crippen molar-refractivity contribution in [1.82, 2.24) is 0 Å². The molecule has 2 rings (SSSR count). The van der Waals surface area contributed by atoms with E-state index in [9.17, 15) is 4.39 Å². The van der Waals surface area contributed by atoms with E-state index < -0.39 is 5.82 Å². The van der Waals surface area contributed by atoms with Gasteiger partial charge in [-0.15, -0.1) is 0 Å².